The Morgan fingerprint density at radius 3 is 2.27 bits per heavy atom. The second-order valence-corrected chi connectivity index (χ2v) is 4.92. The van der Waals surface area contributed by atoms with Gasteiger partial charge >= 0.3 is 0 Å². The van der Waals surface area contributed by atoms with Gasteiger partial charge in [0.1, 0.15) is 5.78 Å². The summed E-state index contributed by atoms with van der Waals surface area (Å²) in [7, 11) is 0. The summed E-state index contributed by atoms with van der Waals surface area (Å²) in [4.78, 5) is 11.3. The highest BCUT2D eigenvalue weighted by molar-refractivity contribution is 5.79. The van der Waals surface area contributed by atoms with Crippen LogP contribution in [0.15, 0.2) is 0 Å². The van der Waals surface area contributed by atoms with E-state index in [1.165, 1.54) is 12.8 Å². The van der Waals surface area contributed by atoms with Crippen molar-refractivity contribution in [3.8, 4) is 0 Å². The van der Waals surface area contributed by atoms with Crippen molar-refractivity contribution in [1.29, 1.82) is 0 Å². The van der Waals surface area contributed by atoms with Crippen LogP contribution >= 0.6 is 0 Å². The number of hydrogen-bond acceptors (Lipinski definition) is 1. The molecule has 0 saturated heterocycles. The Balaban J connectivity index is 2.19. The first-order valence-electron chi connectivity index (χ1n) is 4.49. The highest BCUT2D eigenvalue weighted by atomic mass is 16.1. The molecule has 1 heteroatoms. The summed E-state index contributed by atoms with van der Waals surface area (Å²) in [5.74, 6) is 1.21. The molecule has 1 saturated carbocycles. The fourth-order valence-corrected chi connectivity index (χ4v) is 1.31. The molecule has 0 aliphatic heterocycles. The van der Waals surface area contributed by atoms with Crippen LogP contribution in [0, 0.1) is 11.3 Å². The summed E-state index contributed by atoms with van der Waals surface area (Å²) in [5.41, 5.74) is 0.186. The van der Waals surface area contributed by atoms with Gasteiger partial charge in [-0.1, -0.05) is 20.8 Å². The smallest absolute Gasteiger partial charge is 0.133 e. The van der Waals surface area contributed by atoms with E-state index in [9.17, 15) is 4.79 Å². The maximum Gasteiger partial charge on any atom is 0.133 e. The average molecular weight is 154 g/mol. The largest absolute Gasteiger partial charge is 0.300 e. The van der Waals surface area contributed by atoms with E-state index >= 15 is 0 Å². The van der Waals surface area contributed by atoms with Crippen molar-refractivity contribution in [2.45, 2.75) is 46.5 Å². The highest BCUT2D eigenvalue weighted by Gasteiger charge is 2.26. The van der Waals surface area contributed by atoms with E-state index in [0.29, 0.717) is 5.78 Å². The van der Waals surface area contributed by atoms with Crippen LogP contribution in [0.3, 0.4) is 0 Å². The fraction of sp³-hybridized carbons (Fsp3) is 0.900. The second kappa shape index (κ2) is 2.96. The monoisotopic (exact) mass is 154 g/mol. The predicted molar refractivity (Wildman–Crippen MR) is 46.4 cm³/mol. The van der Waals surface area contributed by atoms with Gasteiger partial charge in [0, 0.05) is 12.8 Å². The van der Waals surface area contributed by atoms with Crippen molar-refractivity contribution < 1.29 is 4.79 Å². The van der Waals surface area contributed by atoms with E-state index in [1.54, 1.807) is 0 Å². The quantitative estimate of drug-likeness (QED) is 0.611. The number of carbonyl (C=O) groups excluding carboxylic acids is 1. The van der Waals surface area contributed by atoms with Crippen LogP contribution in [0.25, 0.3) is 0 Å². The van der Waals surface area contributed by atoms with Gasteiger partial charge in [0.15, 0.2) is 0 Å². The average Bonchev–Trinajstić information content (AvgIpc) is 2.42. The van der Waals surface area contributed by atoms with E-state index in [1.807, 2.05) is 0 Å². The Hall–Kier alpha value is -0.330. The highest BCUT2D eigenvalue weighted by Crippen LogP contribution is 2.34. The first-order valence-corrected chi connectivity index (χ1v) is 4.49. The lowest BCUT2D eigenvalue weighted by atomic mass is 9.88. The molecule has 11 heavy (non-hydrogen) atoms. The lowest BCUT2D eigenvalue weighted by molar-refractivity contribution is -0.121. The molecule has 0 aromatic carbocycles. The SMILES string of the molecule is CC(C)(C)CC(=O)CC1CC1. The Labute approximate surface area is 69.2 Å². The van der Waals surface area contributed by atoms with Crippen molar-refractivity contribution in [1.82, 2.24) is 0 Å². The number of hydrogen-bond donors (Lipinski definition) is 0. The van der Waals surface area contributed by atoms with Gasteiger partial charge < -0.3 is 0 Å². The van der Waals surface area contributed by atoms with E-state index in [2.05, 4.69) is 20.8 Å². The maximum absolute atomic E-state index is 11.3. The minimum Gasteiger partial charge on any atom is -0.300 e. The topological polar surface area (TPSA) is 17.1 Å². The van der Waals surface area contributed by atoms with Gasteiger partial charge in [-0.25, -0.2) is 0 Å². The van der Waals surface area contributed by atoms with E-state index in [0.717, 1.165) is 18.8 Å². The van der Waals surface area contributed by atoms with Crippen LogP contribution in [0.1, 0.15) is 46.5 Å². The summed E-state index contributed by atoms with van der Waals surface area (Å²) < 4.78 is 0. The molecule has 0 heterocycles. The Morgan fingerprint density at radius 2 is 1.91 bits per heavy atom. The molecule has 0 bridgehead atoms. The first kappa shape index (κ1) is 8.76. The zero-order chi connectivity index (χ0) is 8.48. The third-order valence-corrected chi connectivity index (χ3v) is 1.94. The summed E-state index contributed by atoms with van der Waals surface area (Å²) in [6, 6.07) is 0. The van der Waals surface area contributed by atoms with E-state index < -0.39 is 0 Å². The summed E-state index contributed by atoms with van der Waals surface area (Å²) >= 11 is 0. The molecule has 1 rings (SSSR count). The van der Waals surface area contributed by atoms with Crippen molar-refractivity contribution in [2.24, 2.45) is 11.3 Å². The van der Waals surface area contributed by atoms with Crippen LogP contribution in [0.2, 0.25) is 0 Å². The van der Waals surface area contributed by atoms with Crippen molar-refractivity contribution >= 4 is 5.78 Å². The zero-order valence-electron chi connectivity index (χ0n) is 7.81. The second-order valence-electron chi connectivity index (χ2n) is 4.92. The van der Waals surface area contributed by atoms with Gasteiger partial charge in [-0.3, -0.25) is 4.79 Å². The molecule has 1 nitrogen and oxygen atoms in total. The molecule has 0 radical (unpaired) electrons. The molecule has 0 amide bonds. The number of ketones is 1. The van der Waals surface area contributed by atoms with E-state index in [-0.39, 0.29) is 5.41 Å². The number of carbonyl (C=O) groups is 1. The van der Waals surface area contributed by atoms with Crippen LogP contribution < -0.4 is 0 Å². The van der Waals surface area contributed by atoms with Gasteiger partial charge in [-0.15, -0.1) is 0 Å². The molecule has 64 valence electrons. The van der Waals surface area contributed by atoms with Crippen molar-refractivity contribution in [2.75, 3.05) is 0 Å². The predicted octanol–water partition coefficient (Wildman–Crippen LogP) is 2.79. The lowest BCUT2D eigenvalue weighted by Crippen LogP contribution is -2.12. The van der Waals surface area contributed by atoms with Crippen LogP contribution in [0.5, 0.6) is 0 Å². The summed E-state index contributed by atoms with van der Waals surface area (Å²) in [6.07, 6.45) is 4.17. The zero-order valence-corrected chi connectivity index (χ0v) is 7.81. The van der Waals surface area contributed by atoms with Gasteiger partial charge in [-0.2, -0.15) is 0 Å². The van der Waals surface area contributed by atoms with Crippen molar-refractivity contribution in [3.63, 3.8) is 0 Å². The molecule has 0 N–H and O–H groups in total. The van der Waals surface area contributed by atoms with E-state index in [4.69, 9.17) is 0 Å². The third-order valence-electron chi connectivity index (χ3n) is 1.94. The molecule has 1 aliphatic rings. The Morgan fingerprint density at radius 1 is 1.36 bits per heavy atom. The fourth-order valence-electron chi connectivity index (χ4n) is 1.31. The minimum atomic E-state index is 0.186. The normalized spacial score (nSPS) is 18.5. The standard InChI is InChI=1S/C10H18O/c1-10(2,3)7-9(11)6-8-4-5-8/h8H,4-7H2,1-3H3. The Kier molecular flexibility index (Phi) is 2.36. The van der Waals surface area contributed by atoms with Crippen LogP contribution in [-0.2, 0) is 4.79 Å². The van der Waals surface area contributed by atoms with Crippen LogP contribution in [0.4, 0.5) is 0 Å². The molecule has 0 atom stereocenters. The number of rotatable bonds is 3. The minimum absolute atomic E-state index is 0.186. The summed E-state index contributed by atoms with van der Waals surface area (Å²) in [6.45, 7) is 6.37. The molecule has 0 aromatic heterocycles. The molecular formula is C10H18O. The van der Waals surface area contributed by atoms with Gasteiger partial charge in [-0.05, 0) is 24.2 Å². The lowest BCUT2D eigenvalue weighted by Gasteiger charge is -2.16. The summed E-state index contributed by atoms with van der Waals surface area (Å²) in [5, 5.41) is 0. The van der Waals surface area contributed by atoms with Gasteiger partial charge in [0.25, 0.3) is 0 Å². The molecule has 0 aromatic rings. The van der Waals surface area contributed by atoms with Crippen LogP contribution in [-0.4, -0.2) is 5.78 Å². The molecular weight excluding hydrogens is 136 g/mol. The maximum atomic E-state index is 11.3. The number of Topliss-reactive ketones (excluding diaryl/α,β-unsaturated/α-hetero) is 1. The molecule has 1 aliphatic carbocycles. The van der Waals surface area contributed by atoms with Gasteiger partial charge in [0.2, 0.25) is 0 Å². The molecule has 0 unspecified atom stereocenters. The first-order chi connectivity index (χ1) is 4.97. The van der Waals surface area contributed by atoms with Crippen molar-refractivity contribution in [3.05, 3.63) is 0 Å². The molecule has 0 spiro atoms. The third kappa shape index (κ3) is 4.18. The molecule has 1 fully saturated rings. The Bertz CT molecular complexity index is 149. The van der Waals surface area contributed by atoms with Gasteiger partial charge in [0.05, 0.1) is 0 Å².